The van der Waals surface area contributed by atoms with Crippen LogP contribution in [0.5, 0.6) is 5.75 Å². The van der Waals surface area contributed by atoms with E-state index in [1.54, 1.807) is 19.1 Å². The molecule has 1 amide bonds. The Morgan fingerprint density at radius 1 is 1.35 bits per heavy atom. The third kappa shape index (κ3) is 4.83. The molecule has 1 N–H and O–H groups in total. The Hall–Kier alpha value is -2.85. The summed E-state index contributed by atoms with van der Waals surface area (Å²) in [5, 5.41) is 12.5. The van der Waals surface area contributed by atoms with Crippen LogP contribution in [-0.2, 0) is 4.79 Å². The van der Waals surface area contributed by atoms with Crippen molar-refractivity contribution < 1.29 is 14.3 Å². The molecule has 0 fully saturated rings. The van der Waals surface area contributed by atoms with Gasteiger partial charge in [0.25, 0.3) is 0 Å². The number of aryl methyl sites for hydroxylation is 1. The summed E-state index contributed by atoms with van der Waals surface area (Å²) >= 11 is 1.16. The van der Waals surface area contributed by atoms with E-state index in [0.717, 1.165) is 11.8 Å². The second-order valence-electron chi connectivity index (χ2n) is 5.41. The van der Waals surface area contributed by atoms with Gasteiger partial charge in [-0.05, 0) is 39.0 Å². The zero-order chi connectivity index (χ0) is 19.1. The number of benzene rings is 1. The number of ketones is 1. The number of nitrogens with one attached hydrogen (secondary N) is 1. The number of nitriles is 1. The van der Waals surface area contributed by atoms with Crippen LogP contribution in [0.25, 0.3) is 0 Å². The standard InChI is InChI=1S/C19H19N3O3S/c1-4-25-17-8-6-5-7-16(17)22-18(24)11-26-19-14(10-20)9-15(13(3)23)12(2)21-19/h5-9H,4,11H2,1-3H3,(H,22,24). The van der Waals surface area contributed by atoms with Crippen molar-refractivity contribution >= 4 is 29.1 Å². The minimum Gasteiger partial charge on any atom is -0.492 e. The number of aromatic nitrogens is 1. The van der Waals surface area contributed by atoms with E-state index >= 15 is 0 Å². The molecular weight excluding hydrogens is 350 g/mol. The van der Waals surface area contributed by atoms with Gasteiger partial charge in [0.2, 0.25) is 5.91 Å². The summed E-state index contributed by atoms with van der Waals surface area (Å²) in [7, 11) is 0. The largest absolute Gasteiger partial charge is 0.492 e. The fourth-order valence-corrected chi connectivity index (χ4v) is 3.10. The van der Waals surface area contributed by atoms with Gasteiger partial charge in [0.05, 0.1) is 23.6 Å². The van der Waals surface area contributed by atoms with Gasteiger partial charge in [0, 0.05) is 11.3 Å². The molecule has 1 aromatic heterocycles. The highest BCUT2D eigenvalue weighted by Crippen LogP contribution is 2.26. The summed E-state index contributed by atoms with van der Waals surface area (Å²) in [6.45, 7) is 5.51. The van der Waals surface area contributed by atoms with Crippen LogP contribution in [0.15, 0.2) is 35.4 Å². The molecule has 0 atom stereocenters. The van der Waals surface area contributed by atoms with Crippen molar-refractivity contribution in [2.45, 2.75) is 25.8 Å². The van der Waals surface area contributed by atoms with Gasteiger partial charge in [0.15, 0.2) is 5.78 Å². The fourth-order valence-electron chi connectivity index (χ4n) is 2.30. The number of rotatable bonds is 7. The van der Waals surface area contributed by atoms with Crippen LogP contribution in [-0.4, -0.2) is 29.0 Å². The molecule has 0 saturated carbocycles. The zero-order valence-electron chi connectivity index (χ0n) is 14.8. The van der Waals surface area contributed by atoms with Gasteiger partial charge in [-0.1, -0.05) is 23.9 Å². The summed E-state index contributed by atoms with van der Waals surface area (Å²) in [5.74, 6) is 0.307. The van der Waals surface area contributed by atoms with Crippen molar-refractivity contribution in [3.05, 3.63) is 47.2 Å². The van der Waals surface area contributed by atoms with Gasteiger partial charge in [-0.2, -0.15) is 5.26 Å². The molecule has 0 aliphatic rings. The molecule has 1 aromatic carbocycles. The van der Waals surface area contributed by atoms with E-state index in [1.165, 1.54) is 13.0 Å². The smallest absolute Gasteiger partial charge is 0.234 e. The molecule has 2 aromatic rings. The Bertz CT molecular complexity index is 875. The lowest BCUT2D eigenvalue weighted by atomic mass is 10.1. The van der Waals surface area contributed by atoms with Gasteiger partial charge < -0.3 is 10.1 Å². The van der Waals surface area contributed by atoms with Gasteiger partial charge in [-0.25, -0.2) is 4.98 Å². The lowest BCUT2D eigenvalue weighted by Crippen LogP contribution is -2.15. The summed E-state index contributed by atoms with van der Waals surface area (Å²) < 4.78 is 5.48. The third-order valence-electron chi connectivity index (χ3n) is 3.48. The van der Waals surface area contributed by atoms with E-state index in [2.05, 4.69) is 10.3 Å². The van der Waals surface area contributed by atoms with Gasteiger partial charge in [-0.3, -0.25) is 9.59 Å². The van der Waals surface area contributed by atoms with E-state index in [-0.39, 0.29) is 23.0 Å². The molecule has 134 valence electrons. The highest BCUT2D eigenvalue weighted by Gasteiger charge is 2.14. The number of hydrogen-bond acceptors (Lipinski definition) is 6. The number of hydrogen-bond donors (Lipinski definition) is 1. The first-order valence-corrected chi connectivity index (χ1v) is 9.02. The van der Waals surface area contributed by atoms with E-state index in [4.69, 9.17) is 4.74 Å². The molecule has 1 heterocycles. The Morgan fingerprint density at radius 3 is 2.73 bits per heavy atom. The number of Topliss-reactive ketones (excluding diaryl/α,β-unsaturated/α-hetero) is 1. The molecule has 2 rings (SSSR count). The molecule has 0 bridgehead atoms. The molecular formula is C19H19N3O3S. The van der Waals surface area contributed by atoms with Crippen molar-refractivity contribution in [1.29, 1.82) is 5.26 Å². The van der Waals surface area contributed by atoms with Crippen molar-refractivity contribution in [2.75, 3.05) is 17.7 Å². The topological polar surface area (TPSA) is 92.1 Å². The van der Waals surface area contributed by atoms with Crippen molar-refractivity contribution in [3.8, 4) is 11.8 Å². The van der Waals surface area contributed by atoms with Gasteiger partial charge in [0.1, 0.15) is 16.8 Å². The minimum atomic E-state index is -0.235. The lowest BCUT2D eigenvalue weighted by Gasteiger charge is -2.11. The van der Waals surface area contributed by atoms with Crippen LogP contribution >= 0.6 is 11.8 Å². The summed E-state index contributed by atoms with van der Waals surface area (Å²) in [6, 6.07) is 10.7. The quantitative estimate of drug-likeness (QED) is 0.592. The average molecular weight is 369 g/mol. The normalized spacial score (nSPS) is 10.1. The first kappa shape index (κ1) is 19.5. The van der Waals surface area contributed by atoms with E-state index in [1.807, 2.05) is 25.1 Å². The van der Waals surface area contributed by atoms with Crippen molar-refractivity contribution in [2.24, 2.45) is 0 Å². The molecule has 0 unspecified atom stereocenters. The maximum absolute atomic E-state index is 12.2. The molecule has 6 nitrogen and oxygen atoms in total. The highest BCUT2D eigenvalue weighted by atomic mass is 32.2. The van der Waals surface area contributed by atoms with Gasteiger partial charge in [-0.15, -0.1) is 0 Å². The Morgan fingerprint density at radius 2 is 2.08 bits per heavy atom. The summed E-state index contributed by atoms with van der Waals surface area (Å²) in [6.07, 6.45) is 0. The number of carbonyl (C=O) groups is 2. The van der Waals surface area contributed by atoms with E-state index in [0.29, 0.717) is 34.3 Å². The minimum absolute atomic E-state index is 0.0843. The maximum Gasteiger partial charge on any atom is 0.234 e. The summed E-state index contributed by atoms with van der Waals surface area (Å²) in [4.78, 5) is 28.1. The fraction of sp³-hybridized carbons (Fsp3) is 0.263. The number of anilines is 1. The maximum atomic E-state index is 12.2. The number of thioether (sulfide) groups is 1. The van der Waals surface area contributed by atoms with Crippen LogP contribution in [0.3, 0.4) is 0 Å². The van der Waals surface area contributed by atoms with Crippen LogP contribution in [0.1, 0.15) is 35.5 Å². The first-order valence-electron chi connectivity index (χ1n) is 8.03. The predicted octanol–water partition coefficient (Wildman–Crippen LogP) is 3.59. The lowest BCUT2D eigenvalue weighted by molar-refractivity contribution is -0.113. The zero-order valence-corrected chi connectivity index (χ0v) is 15.6. The molecule has 0 saturated heterocycles. The van der Waals surface area contributed by atoms with E-state index in [9.17, 15) is 14.9 Å². The second kappa shape index (κ2) is 9.02. The number of pyridine rings is 1. The van der Waals surface area contributed by atoms with Crippen LogP contribution in [0.2, 0.25) is 0 Å². The molecule has 26 heavy (non-hydrogen) atoms. The van der Waals surface area contributed by atoms with Crippen molar-refractivity contribution in [1.82, 2.24) is 4.98 Å². The molecule has 7 heteroatoms. The van der Waals surface area contributed by atoms with Gasteiger partial charge >= 0.3 is 0 Å². The van der Waals surface area contributed by atoms with Crippen molar-refractivity contribution in [3.63, 3.8) is 0 Å². The third-order valence-corrected chi connectivity index (χ3v) is 4.47. The Labute approximate surface area is 156 Å². The second-order valence-corrected chi connectivity index (χ2v) is 6.37. The SMILES string of the molecule is CCOc1ccccc1NC(=O)CSc1nc(C)c(C(C)=O)cc1C#N. The monoisotopic (exact) mass is 369 g/mol. The predicted molar refractivity (Wildman–Crippen MR) is 101 cm³/mol. The summed E-state index contributed by atoms with van der Waals surface area (Å²) in [5.41, 5.74) is 1.84. The Balaban J connectivity index is 2.09. The van der Waals surface area contributed by atoms with Crippen LogP contribution < -0.4 is 10.1 Å². The highest BCUT2D eigenvalue weighted by molar-refractivity contribution is 8.00. The van der Waals surface area contributed by atoms with Crippen LogP contribution in [0.4, 0.5) is 5.69 Å². The van der Waals surface area contributed by atoms with Crippen LogP contribution in [0, 0.1) is 18.3 Å². The number of nitrogens with zero attached hydrogens (tertiary/aromatic N) is 2. The molecule has 0 aliphatic heterocycles. The number of para-hydroxylation sites is 2. The van der Waals surface area contributed by atoms with E-state index < -0.39 is 0 Å². The number of amides is 1. The number of carbonyl (C=O) groups excluding carboxylic acids is 2. The molecule has 0 radical (unpaired) electrons. The first-order chi connectivity index (χ1) is 12.5. The molecule has 0 aliphatic carbocycles. The Kier molecular flexibility index (Phi) is 6.75. The average Bonchev–Trinajstić information content (AvgIpc) is 2.61. The molecule has 0 spiro atoms. The number of ether oxygens (including phenoxy) is 1.